The molecule has 0 fully saturated rings. The van der Waals surface area contributed by atoms with E-state index in [4.69, 9.17) is 0 Å². The van der Waals surface area contributed by atoms with Crippen molar-refractivity contribution in [3.8, 4) is 11.4 Å². The van der Waals surface area contributed by atoms with Crippen LogP contribution in [0.4, 0.5) is 11.4 Å². The van der Waals surface area contributed by atoms with Crippen LogP contribution < -0.4 is 10.2 Å². The van der Waals surface area contributed by atoms with Gasteiger partial charge in [-0.25, -0.2) is 0 Å². The van der Waals surface area contributed by atoms with Gasteiger partial charge >= 0.3 is 0 Å². The van der Waals surface area contributed by atoms with Crippen molar-refractivity contribution in [3.63, 3.8) is 0 Å². The summed E-state index contributed by atoms with van der Waals surface area (Å²) < 4.78 is 1.99. The molecule has 0 aliphatic heterocycles. The Morgan fingerprint density at radius 3 is 2.48 bits per heavy atom. The van der Waals surface area contributed by atoms with Crippen molar-refractivity contribution in [1.82, 2.24) is 14.8 Å². The van der Waals surface area contributed by atoms with Gasteiger partial charge in [0.05, 0.1) is 5.75 Å². The van der Waals surface area contributed by atoms with Gasteiger partial charge in [-0.3, -0.25) is 9.36 Å². The van der Waals surface area contributed by atoms with Gasteiger partial charge in [-0.2, -0.15) is 0 Å². The first kappa shape index (κ1) is 22.6. The normalized spacial score (nSPS) is 10.7. The van der Waals surface area contributed by atoms with Gasteiger partial charge in [-0.15, -0.1) is 16.8 Å². The van der Waals surface area contributed by atoms with E-state index in [2.05, 4.69) is 40.8 Å². The predicted molar refractivity (Wildman–Crippen MR) is 130 cm³/mol. The second kappa shape index (κ2) is 10.8. The number of benzene rings is 2. The first-order valence-electron chi connectivity index (χ1n) is 10.4. The number of hydrogen-bond donors (Lipinski definition) is 1. The van der Waals surface area contributed by atoms with Gasteiger partial charge in [-0.1, -0.05) is 42.1 Å². The van der Waals surface area contributed by atoms with E-state index in [1.54, 1.807) is 0 Å². The first-order chi connectivity index (χ1) is 15.1. The lowest BCUT2D eigenvalue weighted by atomic mass is 10.1. The number of amides is 1. The molecule has 0 bridgehead atoms. The molecule has 0 spiro atoms. The second-order valence-electron chi connectivity index (χ2n) is 7.08. The maximum Gasteiger partial charge on any atom is 0.234 e. The fourth-order valence-electron chi connectivity index (χ4n) is 3.38. The summed E-state index contributed by atoms with van der Waals surface area (Å²) in [4.78, 5) is 14.8. The summed E-state index contributed by atoms with van der Waals surface area (Å²) in [7, 11) is 0. The van der Waals surface area contributed by atoms with Crippen LogP contribution in [0.2, 0.25) is 0 Å². The number of rotatable bonds is 10. The van der Waals surface area contributed by atoms with Gasteiger partial charge in [0.1, 0.15) is 0 Å². The van der Waals surface area contributed by atoms with Gasteiger partial charge in [-0.05, 0) is 50.6 Å². The molecule has 1 amide bonds. The zero-order valence-corrected chi connectivity index (χ0v) is 19.2. The zero-order chi connectivity index (χ0) is 22.2. The number of hydrogen-bond acceptors (Lipinski definition) is 5. The van der Waals surface area contributed by atoms with Crippen molar-refractivity contribution < 1.29 is 4.79 Å². The molecule has 7 heteroatoms. The van der Waals surface area contributed by atoms with Crippen LogP contribution in [0.5, 0.6) is 0 Å². The van der Waals surface area contributed by atoms with Crippen molar-refractivity contribution in [2.75, 3.05) is 29.1 Å². The van der Waals surface area contributed by atoms with Crippen molar-refractivity contribution in [2.24, 2.45) is 0 Å². The van der Waals surface area contributed by atoms with E-state index in [1.165, 1.54) is 11.8 Å². The van der Waals surface area contributed by atoms with Gasteiger partial charge in [0.2, 0.25) is 5.91 Å². The van der Waals surface area contributed by atoms with Crippen LogP contribution in [0.3, 0.4) is 0 Å². The van der Waals surface area contributed by atoms with Gasteiger partial charge in [0.25, 0.3) is 0 Å². The minimum Gasteiger partial charge on any atom is -0.372 e. The topological polar surface area (TPSA) is 63.1 Å². The van der Waals surface area contributed by atoms with Gasteiger partial charge in [0, 0.05) is 36.6 Å². The number of allylic oxidation sites excluding steroid dienone is 1. The molecular formula is C24H29N5OS. The smallest absolute Gasteiger partial charge is 0.234 e. The lowest BCUT2D eigenvalue weighted by molar-refractivity contribution is -0.113. The number of aromatic nitrogens is 3. The lowest BCUT2D eigenvalue weighted by Gasteiger charge is -2.21. The number of nitrogens with zero attached hydrogens (tertiary/aromatic N) is 4. The Bertz CT molecular complexity index is 1020. The minimum absolute atomic E-state index is 0.0776. The third kappa shape index (κ3) is 5.55. The SMILES string of the molecule is C=CCn1c(SCC(=O)Nc2ccc(N(CC)CC)cc2)nnc1-c1ccccc1C. The van der Waals surface area contributed by atoms with Crippen LogP contribution >= 0.6 is 11.8 Å². The standard InChI is InChI=1S/C24H29N5OS/c1-5-16-29-23(21-11-9-8-10-18(21)4)26-27-24(29)31-17-22(30)25-19-12-14-20(15-13-19)28(6-2)7-3/h5,8-15H,1,6-7,16-17H2,2-4H3,(H,25,30). The second-order valence-corrected chi connectivity index (χ2v) is 8.02. The molecule has 1 heterocycles. The quantitative estimate of drug-likeness (QED) is 0.358. The van der Waals surface area contributed by atoms with E-state index >= 15 is 0 Å². The molecular weight excluding hydrogens is 406 g/mol. The van der Waals surface area contributed by atoms with E-state index in [1.807, 2.05) is 66.1 Å². The average Bonchev–Trinajstić information content (AvgIpc) is 3.17. The highest BCUT2D eigenvalue weighted by Gasteiger charge is 2.16. The Balaban J connectivity index is 1.66. The molecule has 31 heavy (non-hydrogen) atoms. The summed E-state index contributed by atoms with van der Waals surface area (Å²) in [6.45, 7) is 12.6. The first-order valence-corrected chi connectivity index (χ1v) is 11.4. The van der Waals surface area contributed by atoms with E-state index in [9.17, 15) is 4.79 Å². The summed E-state index contributed by atoms with van der Waals surface area (Å²) >= 11 is 1.37. The fourth-order valence-corrected chi connectivity index (χ4v) is 4.13. The molecule has 3 rings (SSSR count). The maximum absolute atomic E-state index is 12.5. The predicted octanol–water partition coefficient (Wildman–Crippen LogP) is 5.02. The van der Waals surface area contributed by atoms with E-state index in [0.29, 0.717) is 11.7 Å². The molecule has 0 atom stereocenters. The number of carbonyl (C=O) groups excluding carboxylic acids is 1. The average molecular weight is 436 g/mol. The van der Waals surface area contributed by atoms with Crippen LogP contribution in [0.1, 0.15) is 19.4 Å². The molecule has 0 aliphatic rings. The molecule has 6 nitrogen and oxygen atoms in total. The van der Waals surface area contributed by atoms with Crippen molar-refractivity contribution in [2.45, 2.75) is 32.5 Å². The maximum atomic E-state index is 12.5. The summed E-state index contributed by atoms with van der Waals surface area (Å²) in [5, 5.41) is 12.4. The van der Waals surface area contributed by atoms with Crippen LogP contribution in [0.15, 0.2) is 66.3 Å². The van der Waals surface area contributed by atoms with Crippen molar-refractivity contribution in [1.29, 1.82) is 0 Å². The molecule has 2 aromatic carbocycles. The molecule has 0 saturated carbocycles. The monoisotopic (exact) mass is 435 g/mol. The van der Waals surface area contributed by atoms with E-state index in [-0.39, 0.29) is 11.7 Å². The number of carbonyl (C=O) groups is 1. The molecule has 162 valence electrons. The molecule has 3 aromatic rings. The Morgan fingerprint density at radius 1 is 1.13 bits per heavy atom. The van der Waals surface area contributed by atoms with Gasteiger partial charge < -0.3 is 10.2 Å². The third-order valence-electron chi connectivity index (χ3n) is 5.03. The molecule has 0 radical (unpaired) electrons. The summed E-state index contributed by atoms with van der Waals surface area (Å²) in [6.07, 6.45) is 1.81. The molecule has 0 unspecified atom stereocenters. The van der Waals surface area contributed by atoms with Crippen LogP contribution in [-0.2, 0) is 11.3 Å². The molecule has 1 N–H and O–H groups in total. The zero-order valence-electron chi connectivity index (χ0n) is 18.3. The molecule has 1 aromatic heterocycles. The largest absolute Gasteiger partial charge is 0.372 e. The Kier molecular flexibility index (Phi) is 7.89. The molecule has 0 aliphatic carbocycles. The van der Waals surface area contributed by atoms with Crippen LogP contribution in [0.25, 0.3) is 11.4 Å². The third-order valence-corrected chi connectivity index (χ3v) is 5.99. The van der Waals surface area contributed by atoms with Crippen LogP contribution in [0, 0.1) is 6.92 Å². The highest BCUT2D eigenvalue weighted by Crippen LogP contribution is 2.26. The van der Waals surface area contributed by atoms with Crippen molar-refractivity contribution in [3.05, 3.63) is 66.7 Å². The van der Waals surface area contributed by atoms with Gasteiger partial charge in [0.15, 0.2) is 11.0 Å². The lowest BCUT2D eigenvalue weighted by Crippen LogP contribution is -2.21. The van der Waals surface area contributed by atoms with E-state index < -0.39 is 0 Å². The Morgan fingerprint density at radius 2 is 1.84 bits per heavy atom. The summed E-state index contributed by atoms with van der Waals surface area (Å²) in [5.41, 5.74) is 4.09. The van der Waals surface area contributed by atoms with E-state index in [0.717, 1.165) is 41.4 Å². The number of nitrogens with one attached hydrogen (secondary N) is 1. The Labute approximate surface area is 188 Å². The number of anilines is 2. The summed E-state index contributed by atoms with van der Waals surface area (Å²) in [5.74, 6) is 0.958. The fraction of sp³-hybridized carbons (Fsp3) is 0.292. The Hall–Kier alpha value is -3.06. The van der Waals surface area contributed by atoms with Crippen LogP contribution in [-0.4, -0.2) is 39.5 Å². The van der Waals surface area contributed by atoms with Crippen molar-refractivity contribution >= 4 is 29.0 Å². The number of thioether (sulfide) groups is 1. The molecule has 0 saturated heterocycles. The number of aryl methyl sites for hydroxylation is 1. The highest BCUT2D eigenvalue weighted by molar-refractivity contribution is 7.99. The summed E-state index contributed by atoms with van der Waals surface area (Å²) in [6, 6.07) is 16.0. The minimum atomic E-state index is -0.0776. The highest BCUT2D eigenvalue weighted by atomic mass is 32.2.